The molecule has 6 heteroatoms. The van der Waals surface area contributed by atoms with Gasteiger partial charge in [-0.05, 0) is 11.6 Å². The number of imide groups is 1. The molecule has 0 aliphatic carbocycles. The lowest BCUT2D eigenvalue weighted by molar-refractivity contribution is -0.147. The molecule has 0 spiro atoms. The minimum Gasteiger partial charge on any atom is -0.461 e. The number of fused-ring (bicyclic) bond motifs is 5. The predicted octanol–water partition coefficient (Wildman–Crippen LogP) is 1.18. The molecule has 0 aromatic heterocycles. The molecule has 2 saturated heterocycles. The van der Waals surface area contributed by atoms with Crippen LogP contribution in [0.15, 0.2) is 48.6 Å². The lowest BCUT2D eigenvalue weighted by Gasteiger charge is -2.17. The van der Waals surface area contributed by atoms with Gasteiger partial charge in [0.15, 0.2) is 0 Å². The molecule has 1 aromatic rings. The van der Waals surface area contributed by atoms with Crippen molar-refractivity contribution in [3.05, 3.63) is 54.1 Å². The van der Waals surface area contributed by atoms with Crippen LogP contribution in [0.3, 0.4) is 0 Å². The number of hydrogen-bond donors (Lipinski definition) is 0. The molecule has 4 atom stereocenters. The van der Waals surface area contributed by atoms with Crippen molar-refractivity contribution in [1.82, 2.24) is 4.90 Å². The Bertz CT molecular complexity index is 739. The van der Waals surface area contributed by atoms with Gasteiger partial charge in [-0.25, -0.2) is 4.79 Å². The van der Waals surface area contributed by atoms with Gasteiger partial charge in [-0.2, -0.15) is 0 Å². The zero-order valence-electron chi connectivity index (χ0n) is 13.4. The van der Waals surface area contributed by atoms with Crippen LogP contribution in [-0.2, 0) is 23.9 Å². The fourth-order valence-corrected chi connectivity index (χ4v) is 3.60. The van der Waals surface area contributed by atoms with Gasteiger partial charge in [-0.15, -0.1) is 0 Å². The van der Waals surface area contributed by atoms with Gasteiger partial charge in [0.05, 0.1) is 30.6 Å². The maximum absolute atomic E-state index is 12.4. The first-order valence-corrected chi connectivity index (χ1v) is 8.24. The first-order chi connectivity index (χ1) is 12.1. The first kappa shape index (κ1) is 15.8. The monoisotopic (exact) mass is 339 g/mol. The summed E-state index contributed by atoms with van der Waals surface area (Å²) in [5, 5.41) is 0. The number of amides is 2. The number of ether oxygens (including phenoxy) is 2. The standard InChI is InChI=1S/C19H17NO5/c21-15(9-6-12-4-2-1-3-5-12)24-11-10-20-18(22)16-13-7-8-14(25-13)17(16)19(20)23/h1-9,13-14,16-17H,10-11H2/b9-6+/t13-,14+,16-,17+. The third-order valence-electron chi connectivity index (χ3n) is 4.77. The zero-order valence-corrected chi connectivity index (χ0v) is 13.4. The van der Waals surface area contributed by atoms with Crippen molar-refractivity contribution < 1.29 is 23.9 Å². The highest BCUT2D eigenvalue weighted by atomic mass is 16.5. The smallest absolute Gasteiger partial charge is 0.330 e. The fourth-order valence-electron chi connectivity index (χ4n) is 3.60. The maximum atomic E-state index is 12.4. The highest BCUT2D eigenvalue weighted by Gasteiger charge is 2.60. The second kappa shape index (κ2) is 6.29. The summed E-state index contributed by atoms with van der Waals surface area (Å²) in [6.45, 7) is 0.0630. The fraction of sp³-hybridized carbons (Fsp3) is 0.316. The van der Waals surface area contributed by atoms with E-state index in [4.69, 9.17) is 9.47 Å². The lowest BCUT2D eigenvalue weighted by atomic mass is 9.85. The molecule has 2 fully saturated rings. The molecule has 3 heterocycles. The van der Waals surface area contributed by atoms with Crippen LogP contribution in [0, 0.1) is 11.8 Å². The highest BCUT2D eigenvalue weighted by molar-refractivity contribution is 6.06. The second-order valence-electron chi connectivity index (χ2n) is 6.24. The Hall–Kier alpha value is -2.73. The third kappa shape index (κ3) is 2.78. The van der Waals surface area contributed by atoms with Crippen molar-refractivity contribution >= 4 is 23.9 Å². The molecule has 0 radical (unpaired) electrons. The number of hydrogen-bond acceptors (Lipinski definition) is 5. The summed E-state index contributed by atoms with van der Waals surface area (Å²) >= 11 is 0. The molecule has 128 valence electrons. The average Bonchev–Trinajstić information content (AvgIpc) is 3.30. The minimum absolute atomic E-state index is 0.0154. The summed E-state index contributed by atoms with van der Waals surface area (Å²) in [4.78, 5) is 37.8. The number of likely N-dealkylation sites (tertiary alicyclic amines) is 1. The number of nitrogens with zero attached hydrogens (tertiary/aromatic N) is 1. The van der Waals surface area contributed by atoms with E-state index < -0.39 is 17.8 Å². The first-order valence-electron chi connectivity index (χ1n) is 8.24. The number of rotatable bonds is 5. The molecule has 2 bridgehead atoms. The summed E-state index contributed by atoms with van der Waals surface area (Å²) < 4.78 is 10.7. The Morgan fingerprint density at radius 1 is 1.08 bits per heavy atom. The van der Waals surface area contributed by atoms with Crippen molar-refractivity contribution in [2.24, 2.45) is 11.8 Å². The molecule has 4 rings (SSSR count). The number of esters is 1. The minimum atomic E-state index is -0.506. The van der Waals surface area contributed by atoms with Crippen molar-refractivity contribution in [3.8, 4) is 0 Å². The quantitative estimate of drug-likeness (QED) is 0.349. The number of carbonyl (C=O) groups excluding carboxylic acids is 3. The normalized spacial score (nSPS) is 29.7. The SMILES string of the molecule is O=C(/C=C/c1ccccc1)OCCN1C(=O)[C@@H]2[C@H](C1=O)[C@H]1C=C[C@@H]2O1. The van der Waals surface area contributed by atoms with Crippen LogP contribution >= 0.6 is 0 Å². The van der Waals surface area contributed by atoms with Crippen LogP contribution in [-0.4, -0.2) is 48.0 Å². The highest BCUT2D eigenvalue weighted by Crippen LogP contribution is 2.44. The molecule has 3 aliphatic rings. The Kier molecular flexibility index (Phi) is 3.97. The van der Waals surface area contributed by atoms with Crippen LogP contribution in [0.2, 0.25) is 0 Å². The van der Waals surface area contributed by atoms with Gasteiger partial charge in [0, 0.05) is 6.08 Å². The molecule has 2 amide bonds. The third-order valence-corrected chi connectivity index (χ3v) is 4.77. The van der Waals surface area contributed by atoms with E-state index in [1.165, 1.54) is 11.0 Å². The van der Waals surface area contributed by atoms with Gasteiger partial charge in [0.1, 0.15) is 6.61 Å². The van der Waals surface area contributed by atoms with E-state index in [2.05, 4.69) is 0 Å². The van der Waals surface area contributed by atoms with Crippen LogP contribution in [0.4, 0.5) is 0 Å². The van der Waals surface area contributed by atoms with Crippen molar-refractivity contribution in [3.63, 3.8) is 0 Å². The van der Waals surface area contributed by atoms with Gasteiger partial charge in [-0.1, -0.05) is 42.5 Å². The Morgan fingerprint density at radius 3 is 2.36 bits per heavy atom. The van der Waals surface area contributed by atoms with Crippen molar-refractivity contribution in [1.29, 1.82) is 0 Å². The topological polar surface area (TPSA) is 72.9 Å². The molecule has 0 saturated carbocycles. The van der Waals surface area contributed by atoms with Gasteiger partial charge in [0.2, 0.25) is 11.8 Å². The van der Waals surface area contributed by atoms with Crippen molar-refractivity contribution in [2.45, 2.75) is 12.2 Å². The van der Waals surface area contributed by atoms with E-state index in [0.717, 1.165) is 5.56 Å². The molecule has 25 heavy (non-hydrogen) atoms. The van der Waals surface area contributed by atoms with E-state index >= 15 is 0 Å². The van der Waals surface area contributed by atoms with E-state index in [0.29, 0.717) is 0 Å². The Labute approximate surface area is 144 Å². The van der Waals surface area contributed by atoms with Crippen LogP contribution in [0.25, 0.3) is 6.08 Å². The molecule has 1 aromatic carbocycles. The Morgan fingerprint density at radius 2 is 1.72 bits per heavy atom. The molecule has 6 nitrogen and oxygen atoms in total. The van der Waals surface area contributed by atoms with Gasteiger partial charge in [-0.3, -0.25) is 14.5 Å². The number of carbonyl (C=O) groups is 3. The Balaban J connectivity index is 1.29. The summed E-state index contributed by atoms with van der Waals surface area (Å²) in [7, 11) is 0. The largest absolute Gasteiger partial charge is 0.461 e. The van der Waals surface area contributed by atoms with Crippen LogP contribution in [0.1, 0.15) is 5.56 Å². The zero-order chi connectivity index (χ0) is 17.4. The summed E-state index contributed by atoms with van der Waals surface area (Å²) in [6.07, 6.45) is 6.07. The van der Waals surface area contributed by atoms with E-state index in [1.54, 1.807) is 6.08 Å². The van der Waals surface area contributed by atoms with E-state index in [9.17, 15) is 14.4 Å². The van der Waals surface area contributed by atoms with E-state index in [-0.39, 0.29) is 37.2 Å². The maximum Gasteiger partial charge on any atom is 0.330 e. The molecular formula is C19H17NO5. The molecule has 0 unspecified atom stereocenters. The van der Waals surface area contributed by atoms with Crippen molar-refractivity contribution in [2.75, 3.05) is 13.2 Å². The molecule has 0 N–H and O–H groups in total. The molecule has 3 aliphatic heterocycles. The summed E-state index contributed by atoms with van der Waals surface area (Å²) in [5.74, 6) is -1.81. The summed E-state index contributed by atoms with van der Waals surface area (Å²) in [6, 6.07) is 9.38. The van der Waals surface area contributed by atoms with Gasteiger partial charge in [0.25, 0.3) is 0 Å². The van der Waals surface area contributed by atoms with E-state index in [1.807, 2.05) is 42.5 Å². The predicted molar refractivity (Wildman–Crippen MR) is 87.9 cm³/mol. The van der Waals surface area contributed by atoms with Crippen LogP contribution in [0.5, 0.6) is 0 Å². The second-order valence-corrected chi connectivity index (χ2v) is 6.24. The van der Waals surface area contributed by atoms with Gasteiger partial charge >= 0.3 is 5.97 Å². The average molecular weight is 339 g/mol. The van der Waals surface area contributed by atoms with Crippen LogP contribution < -0.4 is 0 Å². The summed E-state index contributed by atoms with van der Waals surface area (Å²) in [5.41, 5.74) is 0.889. The lowest BCUT2D eigenvalue weighted by Crippen LogP contribution is -2.37. The van der Waals surface area contributed by atoms with Gasteiger partial charge < -0.3 is 9.47 Å². The number of benzene rings is 1. The molecular weight excluding hydrogens is 322 g/mol.